The van der Waals surface area contributed by atoms with E-state index in [1.54, 1.807) is 35.0 Å². The Labute approximate surface area is 122 Å². The van der Waals surface area contributed by atoms with Crippen LogP contribution >= 0.6 is 0 Å². The molecule has 0 atom stereocenters. The molecule has 5 heteroatoms. The molecule has 21 heavy (non-hydrogen) atoms. The van der Waals surface area contributed by atoms with Crippen molar-refractivity contribution in [2.45, 2.75) is 19.4 Å². The molecule has 0 radical (unpaired) electrons. The number of benzene rings is 1. The minimum absolute atomic E-state index is 0.0670. The van der Waals surface area contributed by atoms with Gasteiger partial charge in [0.25, 0.3) is 0 Å². The van der Waals surface area contributed by atoms with Crippen LogP contribution in [0.3, 0.4) is 0 Å². The fourth-order valence-corrected chi connectivity index (χ4v) is 2.05. The van der Waals surface area contributed by atoms with Crippen LogP contribution in [0.2, 0.25) is 0 Å². The number of amides is 1. The predicted molar refractivity (Wildman–Crippen MR) is 77.6 cm³/mol. The summed E-state index contributed by atoms with van der Waals surface area (Å²) in [6, 6.07) is 9.71. The Morgan fingerprint density at radius 3 is 2.71 bits per heavy atom. The molecule has 0 bridgehead atoms. The summed E-state index contributed by atoms with van der Waals surface area (Å²) in [5.41, 5.74) is 1.54. The SMILES string of the molecule is O=Cc1cccn1CCC(=O)NCCc1ccc(F)cc1. The van der Waals surface area contributed by atoms with Crippen molar-refractivity contribution in [3.05, 3.63) is 59.7 Å². The molecule has 1 aromatic heterocycles. The molecule has 2 aromatic rings. The smallest absolute Gasteiger partial charge is 0.221 e. The highest BCUT2D eigenvalue weighted by Gasteiger charge is 2.04. The molecule has 1 amide bonds. The first-order valence-corrected chi connectivity index (χ1v) is 6.80. The fraction of sp³-hybridized carbons (Fsp3) is 0.250. The van der Waals surface area contributed by atoms with Crippen LogP contribution in [0.4, 0.5) is 4.39 Å². The zero-order valence-corrected chi connectivity index (χ0v) is 11.6. The summed E-state index contributed by atoms with van der Waals surface area (Å²) in [4.78, 5) is 22.4. The standard InChI is InChI=1S/C16H17FN2O2/c17-14-5-3-13(4-6-14)7-9-18-16(21)8-11-19-10-1-2-15(19)12-20/h1-6,10,12H,7-9,11H2,(H,18,21). The second-order valence-electron chi connectivity index (χ2n) is 4.72. The van der Waals surface area contributed by atoms with Crippen LogP contribution in [0.1, 0.15) is 22.5 Å². The number of carbonyl (C=O) groups excluding carboxylic acids is 2. The number of rotatable bonds is 7. The molecule has 1 heterocycles. The van der Waals surface area contributed by atoms with E-state index < -0.39 is 0 Å². The molecule has 0 aliphatic rings. The van der Waals surface area contributed by atoms with Gasteiger partial charge in [0, 0.05) is 25.7 Å². The maximum Gasteiger partial charge on any atom is 0.221 e. The fourth-order valence-electron chi connectivity index (χ4n) is 2.05. The Bertz CT molecular complexity index is 605. The molecular formula is C16H17FN2O2. The van der Waals surface area contributed by atoms with E-state index in [4.69, 9.17) is 0 Å². The molecule has 1 aromatic carbocycles. The lowest BCUT2D eigenvalue weighted by molar-refractivity contribution is -0.121. The molecular weight excluding hydrogens is 271 g/mol. The van der Waals surface area contributed by atoms with E-state index in [1.807, 2.05) is 0 Å². The summed E-state index contributed by atoms with van der Waals surface area (Å²) in [6.45, 7) is 0.986. The zero-order chi connectivity index (χ0) is 15.1. The van der Waals surface area contributed by atoms with Crippen LogP contribution in [-0.4, -0.2) is 23.3 Å². The van der Waals surface area contributed by atoms with Gasteiger partial charge in [-0.05, 0) is 36.2 Å². The Kier molecular flexibility index (Phi) is 5.26. The van der Waals surface area contributed by atoms with Crippen LogP contribution < -0.4 is 5.32 Å². The summed E-state index contributed by atoms with van der Waals surface area (Å²) in [5.74, 6) is -0.330. The van der Waals surface area contributed by atoms with E-state index in [-0.39, 0.29) is 11.7 Å². The molecule has 4 nitrogen and oxygen atoms in total. The van der Waals surface area contributed by atoms with Crippen LogP contribution in [0.25, 0.3) is 0 Å². The minimum Gasteiger partial charge on any atom is -0.356 e. The maximum atomic E-state index is 12.7. The predicted octanol–water partition coefficient (Wildman–Crippen LogP) is 2.19. The van der Waals surface area contributed by atoms with E-state index in [2.05, 4.69) is 5.32 Å². The van der Waals surface area contributed by atoms with Gasteiger partial charge in [-0.3, -0.25) is 9.59 Å². The third-order valence-corrected chi connectivity index (χ3v) is 3.21. The summed E-state index contributed by atoms with van der Waals surface area (Å²) in [6.07, 6.45) is 3.52. The quantitative estimate of drug-likeness (QED) is 0.794. The average Bonchev–Trinajstić information content (AvgIpc) is 2.95. The second kappa shape index (κ2) is 7.38. The minimum atomic E-state index is -0.263. The third-order valence-electron chi connectivity index (χ3n) is 3.21. The lowest BCUT2D eigenvalue weighted by Gasteiger charge is -2.07. The number of aromatic nitrogens is 1. The number of nitrogens with one attached hydrogen (secondary N) is 1. The van der Waals surface area contributed by atoms with Crippen molar-refractivity contribution in [2.24, 2.45) is 0 Å². The normalized spacial score (nSPS) is 10.3. The zero-order valence-electron chi connectivity index (χ0n) is 11.6. The van der Waals surface area contributed by atoms with Gasteiger partial charge in [0.05, 0.1) is 5.69 Å². The van der Waals surface area contributed by atoms with Crippen LogP contribution in [-0.2, 0) is 17.8 Å². The number of hydrogen-bond acceptors (Lipinski definition) is 2. The number of carbonyl (C=O) groups is 2. The van der Waals surface area contributed by atoms with Crippen LogP contribution in [0, 0.1) is 5.82 Å². The summed E-state index contributed by atoms with van der Waals surface area (Å²) >= 11 is 0. The van der Waals surface area contributed by atoms with Gasteiger partial charge in [0.2, 0.25) is 5.91 Å². The lowest BCUT2D eigenvalue weighted by atomic mass is 10.1. The topological polar surface area (TPSA) is 51.1 Å². The van der Waals surface area contributed by atoms with Crippen LogP contribution in [0.5, 0.6) is 0 Å². The maximum absolute atomic E-state index is 12.7. The average molecular weight is 288 g/mol. The van der Waals surface area contributed by atoms with Gasteiger partial charge in [-0.25, -0.2) is 4.39 Å². The Morgan fingerprint density at radius 1 is 1.24 bits per heavy atom. The number of aryl methyl sites for hydroxylation is 1. The van der Waals surface area contributed by atoms with E-state index in [0.717, 1.165) is 11.8 Å². The van der Waals surface area contributed by atoms with Gasteiger partial charge in [-0.1, -0.05) is 12.1 Å². The molecule has 1 N–H and O–H groups in total. The number of halogens is 1. The van der Waals surface area contributed by atoms with Gasteiger partial charge < -0.3 is 9.88 Å². The highest BCUT2D eigenvalue weighted by molar-refractivity contribution is 5.76. The van der Waals surface area contributed by atoms with Gasteiger partial charge >= 0.3 is 0 Å². The molecule has 0 unspecified atom stereocenters. The molecule has 0 spiro atoms. The number of nitrogens with zero attached hydrogens (tertiary/aromatic N) is 1. The highest BCUT2D eigenvalue weighted by atomic mass is 19.1. The van der Waals surface area contributed by atoms with E-state index in [0.29, 0.717) is 31.6 Å². The molecule has 0 aliphatic heterocycles. The lowest BCUT2D eigenvalue weighted by Crippen LogP contribution is -2.26. The van der Waals surface area contributed by atoms with Crippen molar-refractivity contribution < 1.29 is 14.0 Å². The van der Waals surface area contributed by atoms with E-state index in [1.165, 1.54) is 12.1 Å². The summed E-state index contributed by atoms with van der Waals surface area (Å²) in [5, 5.41) is 2.81. The van der Waals surface area contributed by atoms with Crippen molar-refractivity contribution in [1.29, 1.82) is 0 Å². The van der Waals surface area contributed by atoms with Gasteiger partial charge in [-0.15, -0.1) is 0 Å². The van der Waals surface area contributed by atoms with Crippen molar-refractivity contribution in [2.75, 3.05) is 6.54 Å². The largest absolute Gasteiger partial charge is 0.356 e. The molecule has 0 saturated carbocycles. The summed E-state index contributed by atoms with van der Waals surface area (Å²) < 4.78 is 14.5. The van der Waals surface area contributed by atoms with Gasteiger partial charge in [-0.2, -0.15) is 0 Å². The summed E-state index contributed by atoms with van der Waals surface area (Å²) in [7, 11) is 0. The Balaban J connectivity index is 1.70. The van der Waals surface area contributed by atoms with Crippen molar-refractivity contribution >= 4 is 12.2 Å². The molecule has 0 aliphatic carbocycles. The monoisotopic (exact) mass is 288 g/mol. The number of aldehydes is 1. The number of hydrogen-bond donors (Lipinski definition) is 1. The van der Waals surface area contributed by atoms with E-state index in [9.17, 15) is 14.0 Å². The third kappa shape index (κ3) is 4.56. The van der Waals surface area contributed by atoms with Crippen molar-refractivity contribution in [3.63, 3.8) is 0 Å². The second-order valence-corrected chi connectivity index (χ2v) is 4.72. The van der Waals surface area contributed by atoms with Crippen molar-refractivity contribution in [3.8, 4) is 0 Å². The first-order chi connectivity index (χ1) is 10.2. The molecule has 2 rings (SSSR count). The molecule has 0 saturated heterocycles. The first kappa shape index (κ1) is 15.0. The first-order valence-electron chi connectivity index (χ1n) is 6.80. The van der Waals surface area contributed by atoms with Gasteiger partial charge in [0.15, 0.2) is 6.29 Å². The Hall–Kier alpha value is -2.43. The van der Waals surface area contributed by atoms with Crippen molar-refractivity contribution in [1.82, 2.24) is 9.88 Å². The van der Waals surface area contributed by atoms with E-state index >= 15 is 0 Å². The molecule has 0 fully saturated rings. The van der Waals surface area contributed by atoms with Gasteiger partial charge in [0.1, 0.15) is 5.82 Å². The molecule has 110 valence electrons. The Morgan fingerprint density at radius 2 is 2.00 bits per heavy atom. The highest BCUT2D eigenvalue weighted by Crippen LogP contribution is 2.03. The van der Waals surface area contributed by atoms with Crippen LogP contribution in [0.15, 0.2) is 42.6 Å².